The average molecular weight is 267 g/mol. The predicted molar refractivity (Wildman–Crippen MR) is 58.6 cm³/mol. The Hall–Kier alpha value is -1.17. The molecule has 1 atom stereocenters. The zero-order valence-corrected chi connectivity index (χ0v) is 9.98. The number of likely N-dealkylation sites (N-methyl/N-ethyl adjacent to an activating group) is 1. The van der Waals surface area contributed by atoms with Crippen molar-refractivity contribution in [2.45, 2.75) is 31.5 Å². The van der Waals surface area contributed by atoms with Crippen LogP contribution in [-0.2, 0) is 12.3 Å². The van der Waals surface area contributed by atoms with Gasteiger partial charge in [0.25, 0.3) is 0 Å². The van der Waals surface area contributed by atoms with E-state index in [2.05, 4.69) is 5.32 Å². The van der Waals surface area contributed by atoms with E-state index in [4.69, 9.17) is 0 Å². The van der Waals surface area contributed by atoms with Crippen LogP contribution in [-0.4, -0.2) is 19.3 Å². The maximum absolute atomic E-state index is 13.0. The molecule has 0 fully saturated rings. The SMILES string of the molecule is CNC(C)Cc1ccc(C(F)(F)C(F)(F)F)cc1. The molecule has 0 heterocycles. The second kappa shape index (κ2) is 5.22. The molecule has 1 unspecified atom stereocenters. The highest BCUT2D eigenvalue weighted by molar-refractivity contribution is 5.27. The number of hydrogen-bond acceptors (Lipinski definition) is 1. The summed E-state index contributed by atoms with van der Waals surface area (Å²) >= 11 is 0. The second-order valence-electron chi connectivity index (χ2n) is 4.16. The molecule has 0 radical (unpaired) electrons. The zero-order valence-electron chi connectivity index (χ0n) is 9.98. The van der Waals surface area contributed by atoms with Gasteiger partial charge in [0.2, 0.25) is 0 Å². The Bertz CT molecular complexity index is 382. The molecule has 0 bridgehead atoms. The van der Waals surface area contributed by atoms with E-state index in [1.807, 2.05) is 6.92 Å². The number of alkyl halides is 5. The molecule has 0 aliphatic carbocycles. The third-order valence-electron chi connectivity index (χ3n) is 2.71. The standard InChI is InChI=1S/C12H14F5N/c1-8(18-2)7-9-3-5-10(6-4-9)11(13,14)12(15,16)17/h3-6,8,18H,7H2,1-2H3. The van der Waals surface area contributed by atoms with Gasteiger partial charge in [-0.1, -0.05) is 24.3 Å². The van der Waals surface area contributed by atoms with Gasteiger partial charge in [0.05, 0.1) is 0 Å². The van der Waals surface area contributed by atoms with Gasteiger partial charge in [0.1, 0.15) is 0 Å². The van der Waals surface area contributed by atoms with Gasteiger partial charge < -0.3 is 5.32 Å². The molecule has 0 aliphatic rings. The summed E-state index contributed by atoms with van der Waals surface area (Å²) in [6.45, 7) is 1.89. The van der Waals surface area contributed by atoms with Crippen LogP contribution in [0.4, 0.5) is 22.0 Å². The van der Waals surface area contributed by atoms with Gasteiger partial charge in [0.15, 0.2) is 0 Å². The predicted octanol–water partition coefficient (Wildman–Crippen LogP) is 3.49. The molecule has 6 heteroatoms. The molecule has 0 saturated carbocycles. The summed E-state index contributed by atoms with van der Waals surface area (Å²) in [6.07, 6.45) is -5.00. The first-order valence-corrected chi connectivity index (χ1v) is 5.39. The Morgan fingerprint density at radius 3 is 1.94 bits per heavy atom. The van der Waals surface area contributed by atoms with Crippen LogP contribution in [0.3, 0.4) is 0 Å². The first-order valence-electron chi connectivity index (χ1n) is 5.39. The molecule has 1 aromatic rings. The summed E-state index contributed by atoms with van der Waals surface area (Å²) < 4.78 is 62.3. The van der Waals surface area contributed by atoms with E-state index in [-0.39, 0.29) is 6.04 Å². The molecule has 102 valence electrons. The van der Waals surface area contributed by atoms with E-state index < -0.39 is 17.7 Å². The Morgan fingerprint density at radius 2 is 1.56 bits per heavy atom. The molecule has 1 N–H and O–H groups in total. The van der Waals surface area contributed by atoms with Crippen LogP contribution in [0, 0.1) is 0 Å². The van der Waals surface area contributed by atoms with Crippen LogP contribution in [0.15, 0.2) is 24.3 Å². The van der Waals surface area contributed by atoms with Crippen molar-refractivity contribution in [2.75, 3.05) is 7.05 Å². The van der Waals surface area contributed by atoms with E-state index in [1.54, 1.807) is 7.05 Å². The van der Waals surface area contributed by atoms with Gasteiger partial charge in [-0.2, -0.15) is 22.0 Å². The topological polar surface area (TPSA) is 12.0 Å². The van der Waals surface area contributed by atoms with Crippen molar-refractivity contribution in [3.8, 4) is 0 Å². The van der Waals surface area contributed by atoms with Gasteiger partial charge in [-0.15, -0.1) is 0 Å². The normalized spacial score (nSPS) is 14.6. The van der Waals surface area contributed by atoms with Crippen molar-refractivity contribution in [1.29, 1.82) is 0 Å². The number of benzene rings is 1. The molecule has 1 nitrogen and oxygen atoms in total. The van der Waals surface area contributed by atoms with Crippen molar-refractivity contribution >= 4 is 0 Å². The molecule has 0 spiro atoms. The van der Waals surface area contributed by atoms with Crippen molar-refractivity contribution < 1.29 is 22.0 Å². The minimum Gasteiger partial charge on any atom is -0.317 e. The van der Waals surface area contributed by atoms with Crippen LogP contribution >= 0.6 is 0 Å². The third-order valence-corrected chi connectivity index (χ3v) is 2.71. The minimum atomic E-state index is -5.56. The van der Waals surface area contributed by atoms with Gasteiger partial charge >= 0.3 is 12.1 Å². The molecule has 0 amide bonds. The fourth-order valence-corrected chi connectivity index (χ4v) is 1.47. The molecule has 1 aromatic carbocycles. The number of nitrogens with one attached hydrogen (secondary N) is 1. The molecular formula is C12H14F5N. The van der Waals surface area contributed by atoms with Crippen molar-refractivity contribution in [3.63, 3.8) is 0 Å². The molecule has 1 rings (SSSR count). The highest BCUT2D eigenvalue weighted by Crippen LogP contribution is 2.43. The van der Waals surface area contributed by atoms with Crippen LogP contribution in [0.1, 0.15) is 18.1 Å². The summed E-state index contributed by atoms with van der Waals surface area (Å²) in [5.74, 6) is -4.81. The fraction of sp³-hybridized carbons (Fsp3) is 0.500. The highest BCUT2D eigenvalue weighted by Gasteiger charge is 2.58. The maximum atomic E-state index is 13.0. The first-order chi connectivity index (χ1) is 8.18. The van der Waals surface area contributed by atoms with E-state index in [9.17, 15) is 22.0 Å². The van der Waals surface area contributed by atoms with Crippen LogP contribution in [0.2, 0.25) is 0 Å². The quantitative estimate of drug-likeness (QED) is 0.823. The maximum Gasteiger partial charge on any atom is 0.458 e. The Labute approximate surface area is 102 Å². The van der Waals surface area contributed by atoms with Crippen LogP contribution < -0.4 is 5.32 Å². The lowest BCUT2D eigenvalue weighted by molar-refractivity contribution is -0.289. The van der Waals surface area contributed by atoms with Gasteiger partial charge in [-0.25, -0.2) is 0 Å². The van der Waals surface area contributed by atoms with E-state index in [0.29, 0.717) is 12.0 Å². The summed E-state index contributed by atoms with van der Waals surface area (Å²) in [6, 6.07) is 4.36. The van der Waals surface area contributed by atoms with Crippen molar-refractivity contribution in [3.05, 3.63) is 35.4 Å². The lowest BCUT2D eigenvalue weighted by Gasteiger charge is -2.20. The summed E-state index contributed by atoms with van der Waals surface area (Å²) in [7, 11) is 1.75. The fourth-order valence-electron chi connectivity index (χ4n) is 1.47. The second-order valence-corrected chi connectivity index (χ2v) is 4.16. The monoisotopic (exact) mass is 267 g/mol. The zero-order chi connectivity index (χ0) is 14.0. The van der Waals surface area contributed by atoms with Crippen LogP contribution in [0.5, 0.6) is 0 Å². The average Bonchev–Trinajstić information content (AvgIpc) is 2.28. The molecule has 0 aliphatic heterocycles. The first kappa shape index (κ1) is 14.9. The lowest BCUT2D eigenvalue weighted by atomic mass is 10.0. The number of halogens is 5. The summed E-state index contributed by atoms with van der Waals surface area (Å²) in [5.41, 5.74) is -0.325. The smallest absolute Gasteiger partial charge is 0.317 e. The van der Waals surface area contributed by atoms with Crippen molar-refractivity contribution in [1.82, 2.24) is 5.32 Å². The number of hydrogen-bond donors (Lipinski definition) is 1. The van der Waals surface area contributed by atoms with Gasteiger partial charge in [-0.05, 0) is 26.0 Å². The minimum absolute atomic E-state index is 0.124. The van der Waals surface area contributed by atoms with Crippen molar-refractivity contribution in [2.24, 2.45) is 0 Å². The van der Waals surface area contributed by atoms with Gasteiger partial charge in [0, 0.05) is 11.6 Å². The Kier molecular flexibility index (Phi) is 4.32. The number of rotatable bonds is 4. The summed E-state index contributed by atoms with van der Waals surface area (Å²) in [4.78, 5) is 0. The Balaban J connectivity index is 2.89. The van der Waals surface area contributed by atoms with E-state index in [0.717, 1.165) is 12.1 Å². The molecule has 18 heavy (non-hydrogen) atoms. The Morgan fingerprint density at radius 1 is 1.06 bits per heavy atom. The van der Waals surface area contributed by atoms with Crippen LogP contribution in [0.25, 0.3) is 0 Å². The largest absolute Gasteiger partial charge is 0.458 e. The van der Waals surface area contributed by atoms with E-state index >= 15 is 0 Å². The van der Waals surface area contributed by atoms with E-state index in [1.165, 1.54) is 12.1 Å². The van der Waals surface area contributed by atoms with Gasteiger partial charge in [-0.3, -0.25) is 0 Å². The third kappa shape index (κ3) is 3.19. The lowest BCUT2D eigenvalue weighted by Crippen LogP contribution is -2.33. The highest BCUT2D eigenvalue weighted by atomic mass is 19.4. The molecule has 0 saturated heterocycles. The molecule has 0 aromatic heterocycles. The molecular weight excluding hydrogens is 253 g/mol. The summed E-state index contributed by atoms with van der Waals surface area (Å²) in [5, 5.41) is 2.95.